The minimum Gasteiger partial charge on any atom is -0.434 e. The normalized spacial score (nSPS) is 12.9. The molecule has 0 heterocycles. The van der Waals surface area contributed by atoms with Crippen molar-refractivity contribution in [2.75, 3.05) is 13.2 Å². The van der Waals surface area contributed by atoms with E-state index in [4.69, 9.17) is 9.47 Å². The Bertz CT molecular complexity index is 597. The van der Waals surface area contributed by atoms with Crippen molar-refractivity contribution >= 4 is 6.16 Å². The summed E-state index contributed by atoms with van der Waals surface area (Å²) in [5.74, 6) is 1.07. The molecule has 0 fully saturated rings. The molecule has 0 aliphatic heterocycles. The third kappa shape index (κ3) is 8.60. The highest BCUT2D eigenvalue weighted by Crippen LogP contribution is 2.21. The number of carbonyl (C=O) groups is 1. The first-order valence-corrected chi connectivity index (χ1v) is 10.6. The summed E-state index contributed by atoms with van der Waals surface area (Å²) in [6, 6.07) is 21.1. The van der Waals surface area contributed by atoms with Crippen molar-refractivity contribution < 1.29 is 14.3 Å². The number of hydrogen-bond acceptors (Lipinski definition) is 3. The highest BCUT2D eigenvalue weighted by Gasteiger charge is 2.07. The van der Waals surface area contributed by atoms with Crippen molar-refractivity contribution in [3.8, 4) is 0 Å². The molecule has 2 aromatic rings. The lowest BCUT2D eigenvalue weighted by molar-refractivity contribution is 0.0528. The largest absolute Gasteiger partial charge is 0.508 e. The van der Waals surface area contributed by atoms with Crippen LogP contribution in [0.25, 0.3) is 0 Å². The van der Waals surface area contributed by atoms with Gasteiger partial charge in [-0.05, 0) is 61.5 Å². The van der Waals surface area contributed by atoms with Gasteiger partial charge in [0.1, 0.15) is 0 Å². The Labute approximate surface area is 170 Å². The summed E-state index contributed by atoms with van der Waals surface area (Å²) in [7, 11) is 0. The maximum absolute atomic E-state index is 11.6. The number of ether oxygens (including phenoxy) is 2. The van der Waals surface area contributed by atoms with Crippen molar-refractivity contribution in [1.29, 1.82) is 0 Å². The van der Waals surface area contributed by atoms with Crippen molar-refractivity contribution in [2.45, 2.75) is 64.2 Å². The zero-order valence-corrected chi connectivity index (χ0v) is 17.3. The maximum atomic E-state index is 11.6. The summed E-state index contributed by atoms with van der Waals surface area (Å²) in [6.45, 7) is 5.35. The Morgan fingerprint density at radius 1 is 0.679 bits per heavy atom. The topological polar surface area (TPSA) is 35.5 Å². The molecule has 0 aliphatic carbocycles. The highest BCUT2D eigenvalue weighted by molar-refractivity contribution is 5.59. The first-order chi connectivity index (χ1) is 13.7. The van der Waals surface area contributed by atoms with Crippen LogP contribution in [0.1, 0.15) is 75.3 Å². The van der Waals surface area contributed by atoms with E-state index in [9.17, 15) is 4.79 Å². The van der Waals surface area contributed by atoms with Crippen LogP contribution >= 0.6 is 0 Å². The molecule has 0 spiro atoms. The number of hydrogen-bond donors (Lipinski definition) is 0. The van der Waals surface area contributed by atoms with Crippen LogP contribution in [0.5, 0.6) is 0 Å². The van der Waals surface area contributed by atoms with E-state index in [1.54, 1.807) is 0 Å². The molecule has 28 heavy (non-hydrogen) atoms. The Kier molecular flexibility index (Phi) is 10.2. The summed E-state index contributed by atoms with van der Waals surface area (Å²) < 4.78 is 10.3. The van der Waals surface area contributed by atoms with Crippen molar-refractivity contribution in [3.63, 3.8) is 0 Å². The van der Waals surface area contributed by atoms with Gasteiger partial charge < -0.3 is 9.47 Å². The second-order valence-corrected chi connectivity index (χ2v) is 7.56. The molecule has 2 atom stereocenters. The van der Waals surface area contributed by atoms with E-state index in [-0.39, 0.29) is 0 Å². The van der Waals surface area contributed by atoms with Crippen LogP contribution in [0.4, 0.5) is 4.79 Å². The number of benzene rings is 2. The average Bonchev–Trinajstić information content (AvgIpc) is 2.74. The van der Waals surface area contributed by atoms with E-state index in [0.717, 1.165) is 38.5 Å². The van der Waals surface area contributed by atoms with E-state index >= 15 is 0 Å². The Balaban J connectivity index is 1.45. The van der Waals surface area contributed by atoms with Gasteiger partial charge in [0, 0.05) is 0 Å². The van der Waals surface area contributed by atoms with E-state index in [2.05, 4.69) is 62.4 Å². The predicted octanol–water partition coefficient (Wildman–Crippen LogP) is 7.09. The summed E-state index contributed by atoms with van der Waals surface area (Å²) in [4.78, 5) is 11.6. The Morgan fingerprint density at radius 2 is 1.07 bits per heavy atom. The monoisotopic (exact) mass is 382 g/mol. The van der Waals surface area contributed by atoms with E-state index < -0.39 is 6.16 Å². The summed E-state index contributed by atoms with van der Waals surface area (Å²) in [5, 5.41) is 0. The quantitative estimate of drug-likeness (QED) is 0.290. The number of carbonyl (C=O) groups excluding carboxylic acids is 1. The third-order valence-corrected chi connectivity index (χ3v) is 5.24. The van der Waals surface area contributed by atoms with E-state index in [1.807, 2.05) is 12.1 Å². The molecule has 0 bridgehead atoms. The minimum atomic E-state index is -0.535. The fourth-order valence-electron chi connectivity index (χ4n) is 3.35. The molecule has 2 aromatic carbocycles. The lowest BCUT2D eigenvalue weighted by atomic mass is 9.96. The van der Waals surface area contributed by atoms with Crippen molar-refractivity contribution in [2.24, 2.45) is 0 Å². The molecular formula is C25H34O3. The van der Waals surface area contributed by atoms with Crippen LogP contribution in [0.15, 0.2) is 60.7 Å². The van der Waals surface area contributed by atoms with Crippen molar-refractivity contribution in [1.82, 2.24) is 0 Å². The van der Waals surface area contributed by atoms with Gasteiger partial charge in [0.25, 0.3) is 0 Å². The lowest BCUT2D eigenvalue weighted by Crippen LogP contribution is -2.10. The first-order valence-electron chi connectivity index (χ1n) is 10.6. The Morgan fingerprint density at radius 3 is 1.46 bits per heavy atom. The molecule has 0 aliphatic rings. The average molecular weight is 383 g/mol. The van der Waals surface area contributed by atoms with Crippen LogP contribution in [-0.4, -0.2) is 19.4 Å². The first kappa shape index (κ1) is 22.0. The smallest absolute Gasteiger partial charge is 0.434 e. The molecule has 2 rings (SSSR count). The zero-order valence-electron chi connectivity index (χ0n) is 17.3. The molecule has 152 valence electrons. The predicted molar refractivity (Wildman–Crippen MR) is 115 cm³/mol. The highest BCUT2D eigenvalue weighted by atomic mass is 16.7. The van der Waals surface area contributed by atoms with Crippen LogP contribution in [0.2, 0.25) is 0 Å². The molecule has 0 saturated heterocycles. The standard InChI is InChI=1S/C25H34O3/c1-21(23-15-5-3-6-16-23)13-9-11-19-27-25(26)28-20-12-10-14-22(2)24-17-7-4-8-18-24/h3-8,15-18,21-22H,9-14,19-20H2,1-2H3. The SMILES string of the molecule is CC(CCCCOC(=O)OCCCCC(C)c1ccccc1)c1ccccc1. The van der Waals surface area contributed by atoms with Crippen LogP contribution < -0.4 is 0 Å². The van der Waals surface area contributed by atoms with Gasteiger partial charge in [0.2, 0.25) is 0 Å². The van der Waals surface area contributed by atoms with Gasteiger partial charge in [-0.2, -0.15) is 0 Å². The van der Waals surface area contributed by atoms with Crippen LogP contribution in [0, 0.1) is 0 Å². The molecule has 0 saturated carbocycles. The van der Waals surface area contributed by atoms with E-state index in [1.165, 1.54) is 11.1 Å². The van der Waals surface area contributed by atoms with Crippen LogP contribution in [0.3, 0.4) is 0 Å². The van der Waals surface area contributed by atoms with Gasteiger partial charge in [-0.3, -0.25) is 0 Å². The zero-order chi connectivity index (χ0) is 20.0. The third-order valence-electron chi connectivity index (χ3n) is 5.24. The van der Waals surface area contributed by atoms with Gasteiger partial charge in [0.05, 0.1) is 13.2 Å². The molecule has 0 amide bonds. The van der Waals surface area contributed by atoms with E-state index in [0.29, 0.717) is 25.0 Å². The second kappa shape index (κ2) is 13.0. The maximum Gasteiger partial charge on any atom is 0.508 e. The van der Waals surface area contributed by atoms with Gasteiger partial charge in [0.15, 0.2) is 0 Å². The molecule has 0 aromatic heterocycles. The van der Waals surface area contributed by atoms with Gasteiger partial charge in [-0.25, -0.2) is 4.79 Å². The minimum absolute atomic E-state index is 0.436. The second-order valence-electron chi connectivity index (χ2n) is 7.56. The lowest BCUT2D eigenvalue weighted by Gasteiger charge is -2.12. The van der Waals surface area contributed by atoms with Gasteiger partial charge >= 0.3 is 6.16 Å². The van der Waals surface area contributed by atoms with Crippen LogP contribution in [-0.2, 0) is 9.47 Å². The van der Waals surface area contributed by atoms with Gasteiger partial charge in [-0.15, -0.1) is 0 Å². The number of unbranched alkanes of at least 4 members (excludes halogenated alkanes) is 2. The molecule has 0 N–H and O–H groups in total. The number of rotatable bonds is 12. The fraction of sp³-hybridized carbons (Fsp3) is 0.480. The molecule has 2 unspecified atom stereocenters. The molecule has 3 heteroatoms. The van der Waals surface area contributed by atoms with Crippen molar-refractivity contribution in [3.05, 3.63) is 71.8 Å². The Hall–Kier alpha value is -2.29. The van der Waals surface area contributed by atoms with Gasteiger partial charge in [-0.1, -0.05) is 74.5 Å². The summed E-state index contributed by atoms with van der Waals surface area (Å²) >= 11 is 0. The summed E-state index contributed by atoms with van der Waals surface area (Å²) in [5.41, 5.74) is 2.73. The fourth-order valence-corrected chi connectivity index (χ4v) is 3.35. The molecule has 3 nitrogen and oxygen atoms in total. The molecular weight excluding hydrogens is 348 g/mol. The summed E-state index contributed by atoms with van der Waals surface area (Å²) in [6.07, 6.45) is 5.50. The molecule has 0 radical (unpaired) electrons.